The number of Topliss-reactive ketones (excluding diaryl/α,β-unsaturated/α-hetero) is 1. The number of esters is 1. The second-order valence-electron chi connectivity index (χ2n) is 11.1. The number of ether oxygens (including phenoxy) is 1. The van der Waals surface area contributed by atoms with Gasteiger partial charge in [-0.15, -0.1) is 0 Å². The second kappa shape index (κ2) is 8.42. The topological polar surface area (TPSA) is 97.7 Å². The lowest BCUT2D eigenvalue weighted by Crippen LogP contribution is -2.54. The summed E-state index contributed by atoms with van der Waals surface area (Å²) in [6.07, 6.45) is 7.65. The minimum absolute atomic E-state index is 0.00507. The number of hydrogen-bond donors (Lipinski definition) is 1. The Labute approximate surface area is 190 Å². The van der Waals surface area contributed by atoms with E-state index in [1.165, 1.54) is 0 Å². The van der Waals surface area contributed by atoms with Crippen molar-refractivity contribution in [3.63, 3.8) is 0 Å². The van der Waals surface area contributed by atoms with Gasteiger partial charge in [0, 0.05) is 25.2 Å². The fourth-order valence-corrected chi connectivity index (χ4v) is 7.96. The Kier molecular flexibility index (Phi) is 6.10. The molecule has 4 aliphatic carbocycles. The highest BCUT2D eigenvalue weighted by Crippen LogP contribution is 2.67. The first kappa shape index (κ1) is 23.2. The van der Waals surface area contributed by atoms with Gasteiger partial charge in [0.05, 0.1) is 0 Å². The molecule has 1 N–H and O–H groups in total. The van der Waals surface area contributed by atoms with Gasteiger partial charge in [0.25, 0.3) is 0 Å². The molecule has 6 heteroatoms. The van der Waals surface area contributed by atoms with Crippen molar-refractivity contribution in [2.45, 2.75) is 91.1 Å². The van der Waals surface area contributed by atoms with E-state index in [4.69, 9.17) is 9.84 Å². The molecule has 176 valence electrons. The van der Waals surface area contributed by atoms with Crippen LogP contribution in [0.4, 0.5) is 0 Å². The standard InChI is InChI=1S/C26H36O6/c1-15(27)18-7-8-19-17-14-22(32-24(31)6-4-5-23(29)30)21-13-16(28)9-11-26(21,3)20(17)10-12-25(18,19)2/h13,17-20,22H,4-12,14H2,1-3H3,(H,29,30)/t17?,18-,19?,20?,22+,25-,26-/m1/s1. The third-order valence-corrected chi connectivity index (χ3v) is 9.49. The van der Waals surface area contributed by atoms with E-state index < -0.39 is 12.1 Å². The number of carboxylic acid groups (broad SMARTS) is 1. The molecular formula is C26H36O6. The fraction of sp³-hybridized carbons (Fsp3) is 0.769. The molecule has 0 radical (unpaired) electrons. The van der Waals surface area contributed by atoms with Crippen molar-refractivity contribution in [1.82, 2.24) is 0 Å². The Balaban J connectivity index is 1.61. The Morgan fingerprint density at radius 2 is 1.84 bits per heavy atom. The van der Waals surface area contributed by atoms with E-state index in [2.05, 4.69) is 13.8 Å². The van der Waals surface area contributed by atoms with Crippen molar-refractivity contribution < 1.29 is 29.0 Å². The number of carbonyl (C=O) groups excluding carboxylic acids is 3. The number of carboxylic acids is 1. The van der Waals surface area contributed by atoms with Gasteiger partial charge in [0.2, 0.25) is 0 Å². The smallest absolute Gasteiger partial charge is 0.306 e. The maximum Gasteiger partial charge on any atom is 0.306 e. The van der Waals surface area contributed by atoms with Gasteiger partial charge in [0.1, 0.15) is 11.9 Å². The van der Waals surface area contributed by atoms with Crippen LogP contribution in [-0.4, -0.2) is 34.7 Å². The van der Waals surface area contributed by atoms with E-state index in [-0.39, 0.29) is 47.8 Å². The minimum atomic E-state index is -0.922. The molecule has 0 amide bonds. The third kappa shape index (κ3) is 3.84. The molecule has 0 saturated heterocycles. The van der Waals surface area contributed by atoms with E-state index in [1.54, 1.807) is 13.0 Å². The summed E-state index contributed by atoms with van der Waals surface area (Å²) >= 11 is 0. The van der Waals surface area contributed by atoms with Gasteiger partial charge in [-0.3, -0.25) is 19.2 Å². The molecule has 4 rings (SSSR count). The predicted octanol–water partition coefficient (Wildman–Crippen LogP) is 4.50. The number of fused-ring (bicyclic) bond motifs is 5. The van der Waals surface area contributed by atoms with Crippen LogP contribution in [0.1, 0.15) is 85.0 Å². The van der Waals surface area contributed by atoms with Crippen LogP contribution in [0.15, 0.2) is 11.6 Å². The van der Waals surface area contributed by atoms with E-state index in [0.29, 0.717) is 36.4 Å². The molecule has 0 aromatic heterocycles. The van der Waals surface area contributed by atoms with Crippen LogP contribution in [-0.2, 0) is 23.9 Å². The lowest BCUT2D eigenvalue weighted by molar-refractivity contribution is -0.156. The molecule has 0 aromatic carbocycles. The quantitative estimate of drug-likeness (QED) is 0.606. The molecule has 32 heavy (non-hydrogen) atoms. The SMILES string of the molecule is CC(=O)[C@H]1CCC2C3C[C@H](OC(=O)CCCC(=O)O)C4=CC(=O)CC[C@]4(C)C3CC[C@@]21C. The van der Waals surface area contributed by atoms with Crippen LogP contribution in [0.3, 0.4) is 0 Å². The van der Waals surface area contributed by atoms with Crippen molar-refractivity contribution in [3.8, 4) is 0 Å². The van der Waals surface area contributed by atoms with Crippen LogP contribution >= 0.6 is 0 Å². The van der Waals surface area contributed by atoms with Gasteiger partial charge in [-0.25, -0.2) is 0 Å². The molecule has 0 aliphatic heterocycles. The normalized spacial score (nSPS) is 40.5. The maximum absolute atomic E-state index is 12.6. The van der Waals surface area contributed by atoms with Crippen molar-refractivity contribution in [3.05, 3.63) is 11.6 Å². The molecular weight excluding hydrogens is 408 g/mol. The summed E-state index contributed by atoms with van der Waals surface area (Å²) in [5, 5.41) is 8.84. The van der Waals surface area contributed by atoms with Crippen LogP contribution in [0, 0.1) is 34.5 Å². The number of hydrogen-bond acceptors (Lipinski definition) is 5. The lowest BCUT2D eigenvalue weighted by Gasteiger charge is -2.59. The van der Waals surface area contributed by atoms with Crippen LogP contribution in [0.2, 0.25) is 0 Å². The molecule has 4 aliphatic rings. The number of ketones is 2. The minimum Gasteiger partial charge on any atom is -0.481 e. The molecule has 6 nitrogen and oxygen atoms in total. The van der Waals surface area contributed by atoms with Crippen molar-refractivity contribution in [2.75, 3.05) is 0 Å². The molecule has 7 atom stereocenters. The van der Waals surface area contributed by atoms with Crippen LogP contribution in [0.25, 0.3) is 0 Å². The third-order valence-electron chi connectivity index (χ3n) is 9.49. The Morgan fingerprint density at radius 3 is 2.53 bits per heavy atom. The highest BCUT2D eigenvalue weighted by molar-refractivity contribution is 5.92. The van der Waals surface area contributed by atoms with Gasteiger partial charge in [-0.05, 0) is 92.1 Å². The monoisotopic (exact) mass is 444 g/mol. The zero-order valence-electron chi connectivity index (χ0n) is 19.5. The first-order chi connectivity index (χ1) is 15.1. The Bertz CT molecular complexity index is 858. The molecule has 0 spiro atoms. The van der Waals surface area contributed by atoms with E-state index >= 15 is 0 Å². The highest BCUT2D eigenvalue weighted by atomic mass is 16.5. The summed E-state index contributed by atoms with van der Waals surface area (Å²) in [7, 11) is 0. The molecule has 0 bridgehead atoms. The number of aliphatic carboxylic acids is 1. The summed E-state index contributed by atoms with van der Waals surface area (Å²) in [4.78, 5) is 48.1. The average Bonchev–Trinajstić information content (AvgIpc) is 3.06. The molecule has 0 aromatic rings. The first-order valence-corrected chi connectivity index (χ1v) is 12.2. The van der Waals surface area contributed by atoms with Gasteiger partial charge < -0.3 is 9.84 Å². The summed E-state index contributed by atoms with van der Waals surface area (Å²) in [6.45, 7) is 6.26. The summed E-state index contributed by atoms with van der Waals surface area (Å²) in [5.41, 5.74) is 0.801. The van der Waals surface area contributed by atoms with Crippen molar-refractivity contribution >= 4 is 23.5 Å². The lowest BCUT2D eigenvalue weighted by atomic mass is 9.46. The number of rotatable bonds is 6. The van der Waals surface area contributed by atoms with E-state index in [0.717, 1.165) is 37.7 Å². The van der Waals surface area contributed by atoms with Gasteiger partial charge >= 0.3 is 11.9 Å². The first-order valence-electron chi connectivity index (χ1n) is 12.2. The zero-order valence-corrected chi connectivity index (χ0v) is 19.5. The Morgan fingerprint density at radius 1 is 1.09 bits per heavy atom. The maximum atomic E-state index is 12.6. The van der Waals surface area contributed by atoms with E-state index in [9.17, 15) is 19.2 Å². The predicted molar refractivity (Wildman–Crippen MR) is 118 cm³/mol. The van der Waals surface area contributed by atoms with Gasteiger partial charge in [-0.2, -0.15) is 0 Å². The van der Waals surface area contributed by atoms with Crippen LogP contribution in [0.5, 0.6) is 0 Å². The molecule has 3 saturated carbocycles. The Hall–Kier alpha value is -1.98. The molecule has 3 fully saturated rings. The van der Waals surface area contributed by atoms with Crippen molar-refractivity contribution in [2.24, 2.45) is 34.5 Å². The van der Waals surface area contributed by atoms with Crippen molar-refractivity contribution in [1.29, 1.82) is 0 Å². The average molecular weight is 445 g/mol. The second-order valence-corrected chi connectivity index (χ2v) is 11.1. The largest absolute Gasteiger partial charge is 0.481 e. The summed E-state index contributed by atoms with van der Waals surface area (Å²) in [6, 6.07) is 0. The summed E-state index contributed by atoms with van der Waals surface area (Å²) in [5.74, 6) is 0.430. The zero-order chi connectivity index (χ0) is 23.3. The highest BCUT2D eigenvalue weighted by Gasteiger charge is 2.61. The fourth-order valence-electron chi connectivity index (χ4n) is 7.96. The number of carbonyl (C=O) groups is 4. The molecule has 0 heterocycles. The van der Waals surface area contributed by atoms with Gasteiger partial charge in [-0.1, -0.05) is 13.8 Å². The van der Waals surface area contributed by atoms with Gasteiger partial charge in [0.15, 0.2) is 5.78 Å². The molecule has 3 unspecified atom stereocenters. The summed E-state index contributed by atoms with van der Waals surface area (Å²) < 4.78 is 5.94. The van der Waals surface area contributed by atoms with Crippen LogP contribution < -0.4 is 0 Å². The van der Waals surface area contributed by atoms with E-state index in [1.807, 2.05) is 0 Å².